The maximum Gasteiger partial charge on any atom is 0.227 e. The molecule has 0 fully saturated rings. The second-order valence-corrected chi connectivity index (χ2v) is 7.09. The van der Waals surface area contributed by atoms with Crippen molar-refractivity contribution in [3.63, 3.8) is 0 Å². The van der Waals surface area contributed by atoms with Crippen LogP contribution in [0.3, 0.4) is 0 Å². The van der Waals surface area contributed by atoms with Gasteiger partial charge in [-0.2, -0.15) is 4.98 Å². The molecule has 0 saturated heterocycles. The maximum absolute atomic E-state index is 12.2. The molecule has 1 heterocycles. The SMILES string of the molecule is COc1ccc(NC(=O)CCc2nc(-c3ccc(C(C)C)cc3)no2)cc1Cl. The summed E-state index contributed by atoms with van der Waals surface area (Å²) in [5.41, 5.74) is 2.74. The van der Waals surface area contributed by atoms with E-state index < -0.39 is 0 Å². The summed E-state index contributed by atoms with van der Waals surface area (Å²) >= 11 is 6.06. The summed E-state index contributed by atoms with van der Waals surface area (Å²) < 4.78 is 10.4. The Hall–Kier alpha value is -2.86. The van der Waals surface area contributed by atoms with Gasteiger partial charge in [0.2, 0.25) is 17.6 Å². The monoisotopic (exact) mass is 399 g/mol. The molecule has 2 aromatic carbocycles. The number of benzene rings is 2. The molecule has 3 rings (SSSR count). The average molecular weight is 400 g/mol. The quantitative estimate of drug-likeness (QED) is 0.598. The van der Waals surface area contributed by atoms with Crippen molar-refractivity contribution < 1.29 is 14.1 Å². The number of methoxy groups -OCH3 is 1. The number of nitrogens with one attached hydrogen (secondary N) is 1. The third kappa shape index (κ3) is 4.89. The number of aryl methyl sites for hydroxylation is 1. The Balaban J connectivity index is 1.56. The highest BCUT2D eigenvalue weighted by molar-refractivity contribution is 6.32. The molecule has 7 heteroatoms. The second-order valence-electron chi connectivity index (χ2n) is 6.69. The zero-order valence-corrected chi connectivity index (χ0v) is 16.8. The van der Waals surface area contributed by atoms with Crippen LogP contribution >= 0.6 is 11.6 Å². The van der Waals surface area contributed by atoms with Crippen molar-refractivity contribution in [1.82, 2.24) is 10.1 Å². The molecule has 28 heavy (non-hydrogen) atoms. The Labute approximate surface area is 168 Å². The number of hydrogen-bond donors (Lipinski definition) is 1. The van der Waals surface area contributed by atoms with Crippen LogP contribution in [0.5, 0.6) is 5.75 Å². The molecule has 0 aliphatic carbocycles. The molecule has 1 amide bonds. The van der Waals surface area contributed by atoms with Crippen LogP contribution in [-0.4, -0.2) is 23.2 Å². The van der Waals surface area contributed by atoms with E-state index in [1.807, 2.05) is 12.1 Å². The van der Waals surface area contributed by atoms with E-state index in [0.29, 0.717) is 40.5 Å². The third-order valence-corrected chi connectivity index (χ3v) is 4.60. The molecule has 6 nitrogen and oxygen atoms in total. The number of ether oxygens (including phenoxy) is 1. The highest BCUT2D eigenvalue weighted by Crippen LogP contribution is 2.27. The van der Waals surface area contributed by atoms with Gasteiger partial charge in [-0.1, -0.05) is 54.9 Å². The predicted molar refractivity (Wildman–Crippen MR) is 109 cm³/mol. The van der Waals surface area contributed by atoms with Gasteiger partial charge in [-0.3, -0.25) is 4.79 Å². The van der Waals surface area contributed by atoms with Crippen molar-refractivity contribution in [3.8, 4) is 17.1 Å². The molecule has 0 radical (unpaired) electrons. The molecule has 0 aliphatic heterocycles. The van der Waals surface area contributed by atoms with Crippen LogP contribution in [0.1, 0.15) is 37.6 Å². The van der Waals surface area contributed by atoms with E-state index in [1.54, 1.807) is 18.2 Å². The second kappa shape index (κ2) is 8.89. The Morgan fingerprint density at radius 2 is 1.96 bits per heavy atom. The number of aromatic nitrogens is 2. The van der Waals surface area contributed by atoms with Crippen LogP contribution in [0.2, 0.25) is 5.02 Å². The molecule has 1 aromatic heterocycles. The van der Waals surface area contributed by atoms with Crippen LogP contribution < -0.4 is 10.1 Å². The van der Waals surface area contributed by atoms with Gasteiger partial charge in [0.1, 0.15) is 5.75 Å². The number of carbonyl (C=O) groups is 1. The molecule has 146 valence electrons. The van der Waals surface area contributed by atoms with Gasteiger partial charge in [0.05, 0.1) is 12.1 Å². The topological polar surface area (TPSA) is 77.2 Å². The first-order valence-corrected chi connectivity index (χ1v) is 9.40. The lowest BCUT2D eigenvalue weighted by Gasteiger charge is -2.07. The highest BCUT2D eigenvalue weighted by Gasteiger charge is 2.12. The van der Waals surface area contributed by atoms with Crippen LogP contribution in [0.25, 0.3) is 11.4 Å². The van der Waals surface area contributed by atoms with E-state index in [2.05, 4.69) is 41.4 Å². The summed E-state index contributed by atoms with van der Waals surface area (Å²) in [6.07, 6.45) is 0.574. The lowest BCUT2D eigenvalue weighted by Crippen LogP contribution is -2.12. The molecule has 0 spiro atoms. The third-order valence-electron chi connectivity index (χ3n) is 4.31. The minimum atomic E-state index is -0.165. The van der Waals surface area contributed by atoms with E-state index in [-0.39, 0.29) is 12.3 Å². The number of rotatable bonds is 7. The number of nitrogens with zero attached hydrogens (tertiary/aromatic N) is 2. The van der Waals surface area contributed by atoms with Crippen molar-refractivity contribution in [3.05, 3.63) is 58.9 Å². The van der Waals surface area contributed by atoms with Gasteiger partial charge in [0.15, 0.2) is 0 Å². The highest BCUT2D eigenvalue weighted by atomic mass is 35.5. The van der Waals surface area contributed by atoms with Gasteiger partial charge >= 0.3 is 0 Å². The zero-order valence-electron chi connectivity index (χ0n) is 16.0. The molecule has 0 bridgehead atoms. The van der Waals surface area contributed by atoms with Crippen molar-refractivity contribution in [2.24, 2.45) is 0 Å². The Bertz CT molecular complexity index is 952. The smallest absolute Gasteiger partial charge is 0.227 e. The summed E-state index contributed by atoms with van der Waals surface area (Å²) in [5.74, 6) is 1.80. The summed E-state index contributed by atoms with van der Waals surface area (Å²) in [5, 5.41) is 7.23. The van der Waals surface area contributed by atoms with E-state index in [4.69, 9.17) is 20.9 Å². The summed E-state index contributed by atoms with van der Waals surface area (Å²) in [4.78, 5) is 16.5. The number of carbonyl (C=O) groups excluding carboxylic acids is 1. The first-order chi connectivity index (χ1) is 13.5. The largest absolute Gasteiger partial charge is 0.495 e. The van der Waals surface area contributed by atoms with Crippen LogP contribution in [0.4, 0.5) is 5.69 Å². The van der Waals surface area contributed by atoms with Gasteiger partial charge in [0, 0.05) is 24.1 Å². The van der Waals surface area contributed by atoms with Gasteiger partial charge < -0.3 is 14.6 Å². The fraction of sp³-hybridized carbons (Fsp3) is 0.286. The molecule has 1 N–H and O–H groups in total. The normalized spacial score (nSPS) is 10.9. The van der Waals surface area contributed by atoms with E-state index >= 15 is 0 Å². The fourth-order valence-corrected chi connectivity index (χ4v) is 2.94. The van der Waals surface area contributed by atoms with Gasteiger partial charge in [-0.25, -0.2) is 0 Å². The van der Waals surface area contributed by atoms with Gasteiger partial charge in [0.25, 0.3) is 0 Å². The summed E-state index contributed by atoms with van der Waals surface area (Å²) in [6, 6.07) is 13.1. The lowest BCUT2D eigenvalue weighted by molar-refractivity contribution is -0.116. The van der Waals surface area contributed by atoms with Crippen molar-refractivity contribution in [2.75, 3.05) is 12.4 Å². The van der Waals surface area contributed by atoms with E-state index in [9.17, 15) is 4.79 Å². The lowest BCUT2D eigenvalue weighted by atomic mass is 10.0. The van der Waals surface area contributed by atoms with E-state index in [1.165, 1.54) is 12.7 Å². The molecular weight excluding hydrogens is 378 g/mol. The van der Waals surface area contributed by atoms with Crippen LogP contribution in [0.15, 0.2) is 47.0 Å². The zero-order chi connectivity index (χ0) is 20.1. The summed E-state index contributed by atoms with van der Waals surface area (Å²) in [7, 11) is 1.54. The molecule has 0 unspecified atom stereocenters. The van der Waals surface area contributed by atoms with Gasteiger partial charge in [-0.15, -0.1) is 0 Å². The number of anilines is 1. The average Bonchev–Trinajstić information content (AvgIpc) is 3.16. The Morgan fingerprint density at radius 3 is 2.61 bits per heavy atom. The van der Waals surface area contributed by atoms with E-state index in [0.717, 1.165) is 5.56 Å². The Kier molecular flexibility index (Phi) is 6.31. The summed E-state index contributed by atoms with van der Waals surface area (Å²) in [6.45, 7) is 4.29. The molecular formula is C21H22ClN3O3. The molecule has 0 saturated carbocycles. The minimum Gasteiger partial charge on any atom is -0.495 e. The van der Waals surface area contributed by atoms with Crippen molar-refractivity contribution in [1.29, 1.82) is 0 Å². The van der Waals surface area contributed by atoms with Crippen molar-refractivity contribution >= 4 is 23.2 Å². The predicted octanol–water partition coefficient (Wildman–Crippen LogP) is 5.09. The first kappa shape index (κ1) is 19.9. The van der Waals surface area contributed by atoms with Crippen molar-refractivity contribution in [2.45, 2.75) is 32.6 Å². The maximum atomic E-state index is 12.2. The number of amides is 1. The molecule has 0 atom stereocenters. The fourth-order valence-electron chi connectivity index (χ4n) is 2.68. The Morgan fingerprint density at radius 1 is 1.21 bits per heavy atom. The minimum absolute atomic E-state index is 0.165. The number of halogens is 1. The standard InChI is InChI=1S/C21H22ClN3O3/c1-13(2)14-4-6-15(7-5-14)21-24-20(28-25-21)11-10-19(26)23-16-8-9-18(27-3)17(22)12-16/h4-9,12-13H,10-11H2,1-3H3,(H,23,26). The number of hydrogen-bond acceptors (Lipinski definition) is 5. The molecule has 0 aliphatic rings. The molecule has 3 aromatic rings. The van der Waals surface area contributed by atoms with Crippen LogP contribution in [0, 0.1) is 0 Å². The van der Waals surface area contributed by atoms with Crippen LogP contribution in [-0.2, 0) is 11.2 Å². The first-order valence-electron chi connectivity index (χ1n) is 9.02. The van der Waals surface area contributed by atoms with Gasteiger partial charge in [-0.05, 0) is 29.7 Å².